The van der Waals surface area contributed by atoms with E-state index in [4.69, 9.17) is 11.6 Å². The molecule has 0 heterocycles. The van der Waals surface area contributed by atoms with Crippen LogP contribution in [0.2, 0.25) is 5.02 Å². The molecule has 1 saturated carbocycles. The molecular weight excluding hydrogens is 362 g/mol. The molecule has 6 heteroatoms. The molecule has 2 unspecified atom stereocenters. The van der Waals surface area contributed by atoms with Crippen molar-refractivity contribution < 1.29 is 9.59 Å². The van der Waals surface area contributed by atoms with E-state index in [2.05, 4.69) is 16.0 Å². The molecule has 0 radical (unpaired) electrons. The maximum absolute atomic E-state index is 12.5. The molecule has 2 aromatic carbocycles. The molecule has 0 aliphatic heterocycles. The fourth-order valence-corrected chi connectivity index (χ4v) is 3.55. The molecule has 3 rings (SSSR count). The van der Waals surface area contributed by atoms with Crippen molar-refractivity contribution >= 4 is 23.5 Å². The number of rotatable bonds is 5. The first-order valence-electron chi connectivity index (χ1n) is 9.26. The molecule has 0 spiro atoms. The zero-order chi connectivity index (χ0) is 19.1. The second-order valence-electron chi connectivity index (χ2n) is 6.79. The highest BCUT2D eigenvalue weighted by Gasteiger charge is 2.28. The third kappa shape index (κ3) is 5.73. The number of carbonyl (C=O) groups excluding carboxylic acids is 2. The summed E-state index contributed by atoms with van der Waals surface area (Å²) in [7, 11) is 0. The summed E-state index contributed by atoms with van der Waals surface area (Å²) in [6.07, 6.45) is 3.76. The monoisotopic (exact) mass is 385 g/mol. The van der Waals surface area contributed by atoms with Crippen LogP contribution in [0.3, 0.4) is 0 Å². The van der Waals surface area contributed by atoms with Crippen LogP contribution >= 0.6 is 11.6 Å². The van der Waals surface area contributed by atoms with E-state index in [0.717, 1.165) is 31.2 Å². The van der Waals surface area contributed by atoms with Gasteiger partial charge in [0.1, 0.15) is 0 Å². The third-order valence-electron chi connectivity index (χ3n) is 4.78. The molecule has 1 aliphatic rings. The van der Waals surface area contributed by atoms with Crippen molar-refractivity contribution in [1.82, 2.24) is 16.0 Å². The van der Waals surface area contributed by atoms with Crippen LogP contribution in [0, 0.1) is 0 Å². The third-order valence-corrected chi connectivity index (χ3v) is 5.02. The molecule has 1 aliphatic carbocycles. The van der Waals surface area contributed by atoms with Gasteiger partial charge in [-0.2, -0.15) is 0 Å². The standard InChI is InChI=1S/C21H24ClN3O2/c22-17-10-6-9-16(13-17)20(26)24-18-11-4-5-12-19(18)25-21(27)23-14-15-7-2-1-3-8-15/h1-3,6-10,13,18-19H,4-5,11-12,14H2,(H,24,26)(H2,23,25,27). The van der Waals surface area contributed by atoms with Crippen LogP contribution in [0.25, 0.3) is 0 Å². The van der Waals surface area contributed by atoms with Crippen molar-refractivity contribution in [2.45, 2.75) is 44.3 Å². The summed E-state index contributed by atoms with van der Waals surface area (Å²) in [5.74, 6) is -0.166. The Balaban J connectivity index is 1.55. The highest BCUT2D eigenvalue weighted by Crippen LogP contribution is 2.19. The van der Waals surface area contributed by atoms with Crippen molar-refractivity contribution in [1.29, 1.82) is 0 Å². The van der Waals surface area contributed by atoms with E-state index in [1.54, 1.807) is 24.3 Å². The Morgan fingerprint density at radius 2 is 1.63 bits per heavy atom. The van der Waals surface area contributed by atoms with E-state index in [0.29, 0.717) is 17.1 Å². The molecule has 1 fully saturated rings. The van der Waals surface area contributed by atoms with E-state index in [-0.39, 0.29) is 24.0 Å². The summed E-state index contributed by atoms with van der Waals surface area (Å²) in [6, 6.07) is 16.2. The molecule has 27 heavy (non-hydrogen) atoms. The SMILES string of the molecule is O=C(NCc1ccccc1)NC1CCCCC1NC(=O)c1cccc(Cl)c1. The van der Waals surface area contributed by atoms with Gasteiger partial charge < -0.3 is 16.0 Å². The van der Waals surface area contributed by atoms with Crippen LogP contribution in [0.15, 0.2) is 54.6 Å². The second-order valence-corrected chi connectivity index (χ2v) is 7.23. The van der Waals surface area contributed by atoms with Gasteiger partial charge in [0.2, 0.25) is 0 Å². The number of nitrogens with one attached hydrogen (secondary N) is 3. The summed E-state index contributed by atoms with van der Waals surface area (Å²) in [6.45, 7) is 0.471. The fourth-order valence-electron chi connectivity index (χ4n) is 3.36. The quantitative estimate of drug-likeness (QED) is 0.730. The van der Waals surface area contributed by atoms with Crippen LogP contribution in [-0.2, 0) is 6.54 Å². The highest BCUT2D eigenvalue weighted by molar-refractivity contribution is 6.30. The first kappa shape index (κ1) is 19.2. The number of amides is 3. The Bertz CT molecular complexity index is 782. The van der Waals surface area contributed by atoms with Crippen LogP contribution in [-0.4, -0.2) is 24.0 Å². The van der Waals surface area contributed by atoms with Crippen molar-refractivity contribution in [3.63, 3.8) is 0 Å². The average molecular weight is 386 g/mol. The Morgan fingerprint density at radius 3 is 2.33 bits per heavy atom. The minimum Gasteiger partial charge on any atom is -0.347 e. The highest BCUT2D eigenvalue weighted by atomic mass is 35.5. The molecule has 5 nitrogen and oxygen atoms in total. The lowest BCUT2D eigenvalue weighted by atomic mass is 9.90. The lowest BCUT2D eigenvalue weighted by Gasteiger charge is -2.32. The topological polar surface area (TPSA) is 70.2 Å². The van der Waals surface area contributed by atoms with E-state index >= 15 is 0 Å². The predicted molar refractivity (Wildman–Crippen MR) is 107 cm³/mol. The van der Waals surface area contributed by atoms with Crippen LogP contribution < -0.4 is 16.0 Å². The summed E-state index contributed by atoms with van der Waals surface area (Å²) in [4.78, 5) is 24.8. The van der Waals surface area contributed by atoms with Crippen molar-refractivity contribution in [3.05, 3.63) is 70.7 Å². The van der Waals surface area contributed by atoms with Gasteiger partial charge in [0, 0.05) is 23.2 Å². The largest absolute Gasteiger partial charge is 0.347 e. The van der Waals surface area contributed by atoms with Gasteiger partial charge in [0.25, 0.3) is 5.91 Å². The summed E-state index contributed by atoms with van der Waals surface area (Å²) in [5, 5.41) is 9.48. The van der Waals surface area contributed by atoms with Crippen molar-refractivity contribution in [2.24, 2.45) is 0 Å². The maximum Gasteiger partial charge on any atom is 0.315 e. The number of hydrogen-bond donors (Lipinski definition) is 3. The number of urea groups is 1. The first-order valence-corrected chi connectivity index (χ1v) is 9.64. The normalized spacial score (nSPS) is 19.1. The molecule has 2 atom stereocenters. The number of carbonyl (C=O) groups is 2. The molecule has 3 amide bonds. The number of hydrogen-bond acceptors (Lipinski definition) is 2. The zero-order valence-corrected chi connectivity index (χ0v) is 15.8. The predicted octanol–water partition coefficient (Wildman–Crippen LogP) is 3.88. The van der Waals surface area contributed by atoms with E-state index in [1.807, 2.05) is 30.3 Å². The second kappa shape index (κ2) is 9.42. The molecule has 2 aromatic rings. The summed E-state index contributed by atoms with van der Waals surface area (Å²) < 4.78 is 0. The Labute approximate surface area is 164 Å². The van der Waals surface area contributed by atoms with Gasteiger partial charge in [-0.25, -0.2) is 4.79 Å². The fraction of sp³-hybridized carbons (Fsp3) is 0.333. The van der Waals surface area contributed by atoms with Crippen molar-refractivity contribution in [3.8, 4) is 0 Å². The van der Waals surface area contributed by atoms with Gasteiger partial charge in [0.05, 0.1) is 6.04 Å². The maximum atomic E-state index is 12.5. The lowest BCUT2D eigenvalue weighted by Crippen LogP contribution is -2.55. The van der Waals surface area contributed by atoms with Crippen molar-refractivity contribution in [2.75, 3.05) is 0 Å². The van der Waals surface area contributed by atoms with Crippen LogP contribution in [0.4, 0.5) is 4.79 Å². The van der Waals surface area contributed by atoms with Crippen LogP contribution in [0.5, 0.6) is 0 Å². The van der Waals surface area contributed by atoms with Gasteiger partial charge >= 0.3 is 6.03 Å². The first-order chi connectivity index (χ1) is 13.1. The summed E-state index contributed by atoms with van der Waals surface area (Å²) >= 11 is 5.97. The number of benzene rings is 2. The molecular formula is C21H24ClN3O2. The van der Waals surface area contributed by atoms with Gasteiger partial charge in [-0.15, -0.1) is 0 Å². The molecule has 0 saturated heterocycles. The number of halogens is 1. The van der Waals surface area contributed by atoms with E-state index < -0.39 is 0 Å². The lowest BCUT2D eigenvalue weighted by molar-refractivity contribution is 0.0916. The molecule has 0 bridgehead atoms. The van der Waals surface area contributed by atoms with E-state index in [9.17, 15) is 9.59 Å². The van der Waals surface area contributed by atoms with E-state index in [1.165, 1.54) is 0 Å². The molecule has 142 valence electrons. The molecule has 0 aromatic heterocycles. The Kier molecular flexibility index (Phi) is 6.71. The van der Waals surface area contributed by atoms with Gasteiger partial charge in [-0.05, 0) is 36.6 Å². The van der Waals surface area contributed by atoms with Crippen LogP contribution in [0.1, 0.15) is 41.6 Å². The minimum atomic E-state index is -0.215. The average Bonchev–Trinajstić information content (AvgIpc) is 2.69. The zero-order valence-electron chi connectivity index (χ0n) is 15.1. The Morgan fingerprint density at radius 1 is 0.926 bits per heavy atom. The van der Waals surface area contributed by atoms with Gasteiger partial charge in [-0.3, -0.25) is 4.79 Å². The van der Waals surface area contributed by atoms with Gasteiger partial charge in [0.15, 0.2) is 0 Å². The molecule has 3 N–H and O–H groups in total. The Hall–Kier alpha value is -2.53. The minimum absolute atomic E-state index is 0.0855. The smallest absolute Gasteiger partial charge is 0.315 e. The summed E-state index contributed by atoms with van der Waals surface area (Å²) in [5.41, 5.74) is 1.57. The van der Waals surface area contributed by atoms with Gasteiger partial charge in [-0.1, -0.05) is 60.8 Å².